The number of halogens is 1. The molecule has 0 aliphatic carbocycles. The van der Waals surface area contributed by atoms with Crippen LogP contribution in [0, 0.1) is 6.92 Å². The van der Waals surface area contributed by atoms with Gasteiger partial charge in [-0.15, -0.1) is 0 Å². The van der Waals surface area contributed by atoms with Crippen molar-refractivity contribution in [3.8, 4) is 0 Å². The monoisotopic (exact) mass is 380 g/mol. The lowest BCUT2D eigenvalue weighted by molar-refractivity contribution is -0.119. The van der Waals surface area contributed by atoms with Crippen LogP contribution in [0.3, 0.4) is 0 Å². The molecule has 0 bridgehead atoms. The van der Waals surface area contributed by atoms with Crippen molar-refractivity contribution in [3.63, 3.8) is 0 Å². The first-order chi connectivity index (χ1) is 11.6. The predicted octanol–water partition coefficient (Wildman–Crippen LogP) is 3.47. The van der Waals surface area contributed by atoms with Crippen molar-refractivity contribution in [2.75, 3.05) is 22.5 Å². The summed E-state index contributed by atoms with van der Waals surface area (Å²) in [7, 11) is -2.07. The van der Waals surface area contributed by atoms with Gasteiger partial charge in [0.05, 0.1) is 11.9 Å². The van der Waals surface area contributed by atoms with Gasteiger partial charge in [0.2, 0.25) is 15.9 Å². The molecule has 7 heteroatoms. The van der Waals surface area contributed by atoms with Crippen molar-refractivity contribution in [3.05, 3.63) is 59.1 Å². The summed E-state index contributed by atoms with van der Waals surface area (Å²) in [6.07, 6.45) is 1.08. The van der Waals surface area contributed by atoms with Crippen LogP contribution in [-0.2, 0) is 14.8 Å². The van der Waals surface area contributed by atoms with Gasteiger partial charge in [-0.3, -0.25) is 9.10 Å². The molecule has 1 amide bonds. The molecular formula is C18H21ClN2O3S. The van der Waals surface area contributed by atoms with Crippen molar-refractivity contribution in [1.29, 1.82) is 0 Å². The fourth-order valence-corrected chi connectivity index (χ4v) is 4.04. The number of likely N-dealkylation sites (N-methyl/N-ethyl adjacent to an activating group) is 1. The summed E-state index contributed by atoms with van der Waals surface area (Å²) in [6.45, 7) is 3.35. The molecule has 0 saturated heterocycles. The largest absolute Gasteiger partial charge is 0.314 e. The molecule has 2 aromatic rings. The molecule has 0 aromatic heterocycles. The van der Waals surface area contributed by atoms with Crippen LogP contribution >= 0.6 is 11.6 Å². The highest BCUT2D eigenvalue weighted by Crippen LogP contribution is 2.29. The van der Waals surface area contributed by atoms with Gasteiger partial charge in [-0.1, -0.05) is 35.9 Å². The van der Waals surface area contributed by atoms with Gasteiger partial charge in [0.15, 0.2) is 0 Å². The number of nitrogens with zero attached hydrogens (tertiary/aromatic N) is 2. The second kappa shape index (κ2) is 7.45. The first-order valence-electron chi connectivity index (χ1n) is 7.71. The van der Waals surface area contributed by atoms with E-state index in [1.807, 2.05) is 18.2 Å². The molecule has 0 N–H and O–H groups in total. The Morgan fingerprint density at radius 1 is 1.12 bits per heavy atom. The van der Waals surface area contributed by atoms with E-state index in [4.69, 9.17) is 11.6 Å². The second-order valence-electron chi connectivity index (χ2n) is 5.90. The van der Waals surface area contributed by atoms with Crippen molar-refractivity contribution >= 4 is 38.9 Å². The normalized spacial score (nSPS) is 12.5. The minimum absolute atomic E-state index is 0.337. The number of para-hydroxylation sites is 1. The Labute approximate surface area is 153 Å². The van der Waals surface area contributed by atoms with Crippen LogP contribution in [0.1, 0.15) is 12.5 Å². The maximum atomic E-state index is 12.9. The van der Waals surface area contributed by atoms with E-state index in [1.165, 1.54) is 4.90 Å². The van der Waals surface area contributed by atoms with Crippen LogP contribution in [0.15, 0.2) is 48.5 Å². The van der Waals surface area contributed by atoms with E-state index in [9.17, 15) is 13.2 Å². The van der Waals surface area contributed by atoms with E-state index in [0.717, 1.165) is 16.1 Å². The molecule has 2 aromatic carbocycles. The lowest BCUT2D eigenvalue weighted by Crippen LogP contribution is -2.48. The summed E-state index contributed by atoms with van der Waals surface area (Å²) in [4.78, 5) is 14.3. The number of amides is 1. The number of benzene rings is 2. The lowest BCUT2D eigenvalue weighted by Gasteiger charge is -2.32. The first kappa shape index (κ1) is 19.3. The fourth-order valence-electron chi connectivity index (χ4n) is 2.65. The van der Waals surface area contributed by atoms with Crippen LogP contribution in [0.25, 0.3) is 0 Å². The van der Waals surface area contributed by atoms with Crippen molar-refractivity contribution in [1.82, 2.24) is 0 Å². The highest BCUT2D eigenvalue weighted by molar-refractivity contribution is 7.92. The Kier molecular flexibility index (Phi) is 5.75. The van der Waals surface area contributed by atoms with Gasteiger partial charge >= 0.3 is 0 Å². The van der Waals surface area contributed by atoms with Gasteiger partial charge in [-0.25, -0.2) is 8.42 Å². The summed E-state index contributed by atoms with van der Waals surface area (Å²) in [5.41, 5.74) is 1.81. The highest BCUT2D eigenvalue weighted by Gasteiger charge is 2.32. The third-order valence-corrected chi connectivity index (χ3v) is 5.41. The van der Waals surface area contributed by atoms with Gasteiger partial charge < -0.3 is 4.90 Å². The zero-order valence-corrected chi connectivity index (χ0v) is 16.2. The molecule has 25 heavy (non-hydrogen) atoms. The average molecular weight is 381 g/mol. The van der Waals surface area contributed by atoms with E-state index in [1.54, 1.807) is 51.2 Å². The number of sulfonamides is 1. The first-order valence-corrected chi connectivity index (χ1v) is 9.93. The summed E-state index contributed by atoms with van der Waals surface area (Å²) >= 11 is 6.04. The third kappa shape index (κ3) is 4.32. The topological polar surface area (TPSA) is 57.7 Å². The number of hydrogen-bond acceptors (Lipinski definition) is 3. The van der Waals surface area contributed by atoms with Gasteiger partial charge in [0, 0.05) is 17.8 Å². The SMILES string of the molecule is Cc1ccc(Cl)cc1N(C(C)C(=O)N(C)c1ccccc1)S(C)(=O)=O. The number of rotatable bonds is 5. The summed E-state index contributed by atoms with van der Waals surface area (Å²) < 4.78 is 25.9. The molecule has 0 aliphatic heterocycles. The molecular weight excluding hydrogens is 360 g/mol. The minimum Gasteiger partial charge on any atom is -0.314 e. The zero-order chi connectivity index (χ0) is 18.8. The maximum Gasteiger partial charge on any atom is 0.250 e. The molecule has 0 fully saturated rings. The van der Waals surface area contributed by atoms with Gasteiger partial charge in [0.1, 0.15) is 6.04 Å². The van der Waals surface area contributed by atoms with Gasteiger partial charge in [0.25, 0.3) is 0 Å². The Balaban J connectivity index is 2.45. The average Bonchev–Trinajstić information content (AvgIpc) is 2.56. The fraction of sp³-hybridized carbons (Fsp3) is 0.278. The molecule has 2 rings (SSSR count). The number of hydrogen-bond donors (Lipinski definition) is 0. The minimum atomic E-state index is -3.69. The summed E-state index contributed by atoms with van der Waals surface area (Å²) in [5.74, 6) is -0.337. The maximum absolute atomic E-state index is 12.9. The summed E-state index contributed by atoms with van der Waals surface area (Å²) in [6, 6.07) is 13.1. The lowest BCUT2D eigenvalue weighted by atomic mass is 10.1. The van der Waals surface area contributed by atoms with Crippen LogP contribution in [-0.4, -0.2) is 33.7 Å². The highest BCUT2D eigenvalue weighted by atomic mass is 35.5. The molecule has 0 spiro atoms. The molecule has 134 valence electrons. The molecule has 0 saturated carbocycles. The van der Waals surface area contributed by atoms with Crippen molar-refractivity contribution in [2.24, 2.45) is 0 Å². The van der Waals surface area contributed by atoms with Crippen LogP contribution in [0.5, 0.6) is 0 Å². The molecule has 0 aliphatic rings. The smallest absolute Gasteiger partial charge is 0.250 e. The Morgan fingerprint density at radius 2 is 1.72 bits per heavy atom. The van der Waals surface area contributed by atoms with E-state index in [-0.39, 0.29) is 5.91 Å². The molecule has 1 atom stereocenters. The van der Waals surface area contributed by atoms with Crippen molar-refractivity contribution in [2.45, 2.75) is 19.9 Å². The predicted molar refractivity (Wildman–Crippen MR) is 103 cm³/mol. The van der Waals surface area contributed by atoms with E-state index >= 15 is 0 Å². The number of aryl methyl sites for hydroxylation is 1. The van der Waals surface area contributed by atoms with Crippen LogP contribution in [0.2, 0.25) is 5.02 Å². The third-order valence-electron chi connectivity index (χ3n) is 3.95. The number of carbonyl (C=O) groups excluding carboxylic acids is 1. The van der Waals surface area contributed by atoms with E-state index in [0.29, 0.717) is 16.4 Å². The Hall–Kier alpha value is -2.05. The van der Waals surface area contributed by atoms with Crippen molar-refractivity contribution < 1.29 is 13.2 Å². The van der Waals surface area contributed by atoms with Crippen LogP contribution < -0.4 is 9.21 Å². The Bertz CT molecular complexity index is 869. The quantitative estimate of drug-likeness (QED) is 0.798. The molecule has 5 nitrogen and oxygen atoms in total. The number of carbonyl (C=O) groups is 1. The standard InChI is InChI=1S/C18H21ClN2O3S/c1-13-10-11-15(19)12-17(13)21(25(4,23)24)14(2)18(22)20(3)16-8-6-5-7-9-16/h5-12,14H,1-4H3. The molecule has 0 radical (unpaired) electrons. The van der Waals surface area contributed by atoms with E-state index < -0.39 is 16.1 Å². The Morgan fingerprint density at radius 3 is 2.28 bits per heavy atom. The van der Waals surface area contributed by atoms with Crippen LogP contribution in [0.4, 0.5) is 11.4 Å². The molecule has 0 heterocycles. The van der Waals surface area contributed by atoms with Gasteiger partial charge in [-0.05, 0) is 43.7 Å². The molecule has 1 unspecified atom stereocenters. The zero-order valence-electron chi connectivity index (χ0n) is 14.6. The van der Waals surface area contributed by atoms with E-state index in [2.05, 4.69) is 0 Å². The second-order valence-corrected chi connectivity index (χ2v) is 8.19. The van der Waals surface area contributed by atoms with Gasteiger partial charge in [-0.2, -0.15) is 0 Å². The number of anilines is 2. The summed E-state index contributed by atoms with van der Waals surface area (Å²) in [5, 5.41) is 0.408.